The van der Waals surface area contributed by atoms with Crippen LogP contribution in [0.15, 0.2) is 30.5 Å². The zero-order chi connectivity index (χ0) is 22.1. The van der Waals surface area contributed by atoms with Gasteiger partial charge in [0.15, 0.2) is 16.8 Å². The van der Waals surface area contributed by atoms with E-state index in [2.05, 4.69) is 15.3 Å². The van der Waals surface area contributed by atoms with Crippen LogP contribution < -0.4 is 10.2 Å². The fraction of sp³-hybridized carbons (Fsp3) is 0.350. The predicted molar refractivity (Wildman–Crippen MR) is 113 cm³/mol. The highest BCUT2D eigenvalue weighted by Gasteiger charge is 2.30. The first kappa shape index (κ1) is 21.3. The number of carbonyl (C=O) groups excluding carboxylic acids is 1. The number of aromatic nitrogens is 2. The third kappa shape index (κ3) is 4.43. The van der Waals surface area contributed by atoms with Gasteiger partial charge >= 0.3 is 6.03 Å². The van der Waals surface area contributed by atoms with Crippen LogP contribution in [-0.2, 0) is 0 Å². The van der Waals surface area contributed by atoms with Crippen LogP contribution in [0.4, 0.5) is 24.5 Å². The van der Waals surface area contributed by atoms with Crippen LogP contribution in [0, 0.1) is 11.6 Å². The first-order chi connectivity index (χ1) is 14.9. The van der Waals surface area contributed by atoms with E-state index in [1.807, 2.05) is 6.92 Å². The lowest BCUT2D eigenvalue weighted by Gasteiger charge is -2.40. The van der Waals surface area contributed by atoms with Crippen LogP contribution in [0.25, 0.3) is 10.2 Å². The number of rotatable bonds is 4. The molecule has 8 nitrogen and oxygen atoms in total. The summed E-state index contributed by atoms with van der Waals surface area (Å²) >= 11 is 1.26. The van der Waals surface area contributed by atoms with Gasteiger partial charge in [-0.15, -0.1) is 0 Å². The van der Waals surface area contributed by atoms with E-state index in [-0.39, 0.29) is 29.3 Å². The van der Waals surface area contributed by atoms with Gasteiger partial charge in [0.25, 0.3) is 0 Å². The number of benzene rings is 1. The van der Waals surface area contributed by atoms with Crippen molar-refractivity contribution in [2.24, 2.45) is 0 Å². The second-order valence-corrected chi connectivity index (χ2v) is 8.35. The van der Waals surface area contributed by atoms with Crippen LogP contribution in [0.2, 0.25) is 0 Å². The van der Waals surface area contributed by atoms with Crippen molar-refractivity contribution in [3.8, 4) is 0 Å². The normalized spacial score (nSPS) is 17.8. The van der Waals surface area contributed by atoms with Crippen molar-refractivity contribution in [3.05, 3.63) is 47.7 Å². The van der Waals surface area contributed by atoms with Crippen molar-refractivity contribution >= 4 is 38.5 Å². The Labute approximate surface area is 180 Å². The number of piperazine rings is 1. The van der Waals surface area contributed by atoms with E-state index >= 15 is 0 Å². The summed E-state index contributed by atoms with van der Waals surface area (Å²) in [6.45, 7) is 2.41. The van der Waals surface area contributed by atoms with Gasteiger partial charge in [0.2, 0.25) is 0 Å². The van der Waals surface area contributed by atoms with E-state index < -0.39 is 18.5 Å². The number of amides is 2. The second kappa shape index (κ2) is 8.69. The molecule has 2 amide bonds. The molecule has 3 N–H and O–H groups in total. The summed E-state index contributed by atoms with van der Waals surface area (Å²) in [6.07, 6.45) is 0.147. The maximum absolute atomic E-state index is 14.5. The molecule has 1 saturated heterocycles. The van der Waals surface area contributed by atoms with Gasteiger partial charge in [0.1, 0.15) is 11.9 Å². The molecule has 1 aliphatic rings. The van der Waals surface area contributed by atoms with E-state index in [9.17, 15) is 18.7 Å². The molecular formula is C20H21F2N5O3S. The number of thiazole rings is 1. The number of nitrogens with one attached hydrogen (secondary N) is 1. The fourth-order valence-electron chi connectivity index (χ4n) is 3.53. The number of hydrogen-bond acceptors (Lipinski definition) is 7. The summed E-state index contributed by atoms with van der Waals surface area (Å²) in [5, 5.41) is 21.8. The Bertz CT molecular complexity index is 1110. The monoisotopic (exact) mass is 449 g/mol. The lowest BCUT2D eigenvalue weighted by Crippen LogP contribution is -2.55. The van der Waals surface area contributed by atoms with Crippen molar-refractivity contribution in [1.29, 1.82) is 0 Å². The molecule has 0 spiro atoms. The number of aliphatic hydroxyl groups excluding tert-OH is 2. The molecule has 0 saturated carbocycles. The average molecular weight is 449 g/mol. The molecule has 164 valence electrons. The topological polar surface area (TPSA) is 102 Å². The van der Waals surface area contributed by atoms with Gasteiger partial charge in [0.05, 0.1) is 16.8 Å². The molecule has 1 fully saturated rings. The lowest BCUT2D eigenvalue weighted by atomic mass is 10.1. The first-order valence-corrected chi connectivity index (χ1v) is 10.5. The third-order valence-corrected chi connectivity index (χ3v) is 6.10. The van der Waals surface area contributed by atoms with E-state index in [4.69, 9.17) is 5.11 Å². The van der Waals surface area contributed by atoms with Gasteiger partial charge in [-0.3, -0.25) is 5.32 Å². The number of nitrogens with zero attached hydrogens (tertiary/aromatic N) is 4. The molecule has 11 heteroatoms. The number of fused-ring (bicyclic) bond motifs is 1. The highest BCUT2D eigenvalue weighted by Crippen LogP contribution is 2.27. The van der Waals surface area contributed by atoms with Crippen molar-refractivity contribution in [2.75, 3.05) is 36.5 Å². The summed E-state index contributed by atoms with van der Waals surface area (Å²) in [6, 6.07) is 4.87. The van der Waals surface area contributed by atoms with E-state index in [1.54, 1.807) is 15.9 Å². The molecule has 0 aliphatic carbocycles. The molecule has 1 unspecified atom stereocenters. The lowest BCUT2D eigenvalue weighted by molar-refractivity contribution is 0.0951. The van der Waals surface area contributed by atoms with E-state index in [0.717, 1.165) is 10.8 Å². The van der Waals surface area contributed by atoms with Crippen LogP contribution in [0.1, 0.15) is 18.6 Å². The number of pyridine rings is 1. The molecule has 2 atom stereocenters. The smallest absolute Gasteiger partial charge is 0.324 e. The molecule has 4 rings (SSSR count). The molecule has 2 aromatic heterocycles. The zero-order valence-electron chi connectivity index (χ0n) is 16.6. The van der Waals surface area contributed by atoms with Crippen LogP contribution in [-0.4, -0.2) is 63.4 Å². The number of urea groups is 1. The Morgan fingerprint density at radius 1 is 1.35 bits per heavy atom. The molecule has 1 aromatic carbocycles. The van der Waals surface area contributed by atoms with Crippen LogP contribution >= 0.6 is 11.3 Å². The summed E-state index contributed by atoms with van der Waals surface area (Å²) in [5.41, 5.74) is 0.681. The van der Waals surface area contributed by atoms with Gasteiger partial charge in [-0.25, -0.2) is 23.5 Å². The molecule has 0 bridgehead atoms. The van der Waals surface area contributed by atoms with Crippen LogP contribution in [0.3, 0.4) is 0 Å². The molecule has 3 aromatic rings. The minimum atomic E-state index is -1.19. The van der Waals surface area contributed by atoms with Gasteiger partial charge in [-0.05, 0) is 25.1 Å². The van der Waals surface area contributed by atoms with Crippen molar-refractivity contribution in [1.82, 2.24) is 14.9 Å². The number of carbonyl (C=O) groups is 1. The molecule has 31 heavy (non-hydrogen) atoms. The maximum Gasteiger partial charge on any atom is 0.324 e. The minimum absolute atomic E-state index is 0.133. The molecule has 0 radical (unpaired) electrons. The maximum atomic E-state index is 14.5. The summed E-state index contributed by atoms with van der Waals surface area (Å²) in [4.78, 5) is 24.4. The van der Waals surface area contributed by atoms with Gasteiger partial charge in [0, 0.05) is 43.5 Å². The van der Waals surface area contributed by atoms with Crippen molar-refractivity contribution in [3.63, 3.8) is 0 Å². The molecular weight excluding hydrogens is 428 g/mol. The quantitative estimate of drug-likeness (QED) is 0.566. The van der Waals surface area contributed by atoms with E-state index in [0.29, 0.717) is 30.3 Å². The first-order valence-electron chi connectivity index (χ1n) is 9.68. The average Bonchev–Trinajstić information content (AvgIpc) is 3.14. The number of halogens is 2. The summed E-state index contributed by atoms with van der Waals surface area (Å²) in [7, 11) is 0. The van der Waals surface area contributed by atoms with Crippen LogP contribution in [0.5, 0.6) is 0 Å². The Morgan fingerprint density at radius 2 is 2.16 bits per heavy atom. The highest BCUT2D eigenvalue weighted by molar-refractivity contribution is 7.22. The SMILES string of the molecule is CC1CN(c2ncc([C@@H](O)CO)cc2F)CCN1C(=O)Nc1nc2cc(F)ccc2s1. The Balaban J connectivity index is 1.42. The fourth-order valence-corrected chi connectivity index (χ4v) is 4.37. The van der Waals surface area contributed by atoms with E-state index in [1.165, 1.54) is 29.7 Å². The molecule has 3 heterocycles. The predicted octanol–water partition coefficient (Wildman–Crippen LogP) is 2.74. The zero-order valence-corrected chi connectivity index (χ0v) is 17.4. The molecule has 1 aliphatic heterocycles. The standard InChI is InChI=1S/C20H21F2N5O3S/c1-11-9-26(18-14(22)6-12(8-23-18)16(29)10-28)4-5-27(11)20(30)25-19-24-15-7-13(21)2-3-17(15)31-19/h2-3,6-8,11,16,28-29H,4-5,9-10H2,1H3,(H,24,25,30)/t11?,16-/m0/s1. The van der Waals surface area contributed by atoms with Crippen molar-refractivity contribution < 1.29 is 23.8 Å². The minimum Gasteiger partial charge on any atom is -0.393 e. The van der Waals surface area contributed by atoms with Gasteiger partial charge < -0.3 is 20.0 Å². The third-order valence-electron chi connectivity index (χ3n) is 5.15. The number of anilines is 2. The van der Waals surface area contributed by atoms with Gasteiger partial charge in [-0.2, -0.15) is 0 Å². The Morgan fingerprint density at radius 3 is 2.87 bits per heavy atom. The van der Waals surface area contributed by atoms with Gasteiger partial charge in [-0.1, -0.05) is 11.3 Å². The summed E-state index contributed by atoms with van der Waals surface area (Å²) in [5.74, 6) is -0.856. The summed E-state index contributed by atoms with van der Waals surface area (Å²) < 4.78 is 28.6. The largest absolute Gasteiger partial charge is 0.393 e. The Hall–Kier alpha value is -2.89. The number of hydrogen-bond donors (Lipinski definition) is 3. The van der Waals surface area contributed by atoms with Crippen molar-refractivity contribution in [2.45, 2.75) is 19.1 Å². The highest BCUT2D eigenvalue weighted by atomic mass is 32.1. The number of aliphatic hydroxyl groups is 2. The second-order valence-electron chi connectivity index (χ2n) is 7.32. The Kier molecular flexibility index (Phi) is 5.99.